The molecule has 2 heterocycles. The van der Waals surface area contributed by atoms with Crippen molar-refractivity contribution in [3.05, 3.63) is 64.8 Å². The summed E-state index contributed by atoms with van der Waals surface area (Å²) in [5, 5.41) is 2.66. The smallest absolute Gasteiger partial charge is 0.296 e. The zero-order valence-corrected chi connectivity index (χ0v) is 20.3. The van der Waals surface area contributed by atoms with Gasteiger partial charge in [0.05, 0.1) is 33.7 Å². The number of aryl methyl sites for hydroxylation is 2. The Kier molecular flexibility index (Phi) is 6.61. The first-order valence-corrected chi connectivity index (χ1v) is 11.9. The number of thiazole rings is 1. The fourth-order valence-electron chi connectivity index (χ4n) is 3.70. The number of amides is 1. The summed E-state index contributed by atoms with van der Waals surface area (Å²) >= 11 is 1.54. The largest absolute Gasteiger partial charge is 0.491 e. The number of ether oxygens (including phenoxy) is 1. The molecule has 0 atom stereocenters. The summed E-state index contributed by atoms with van der Waals surface area (Å²) < 4.78 is 7.01. The molecule has 4 rings (SSSR count). The zero-order valence-electron chi connectivity index (χ0n) is 19.5. The number of aromatic nitrogens is 2. The fraction of sp³-hybridized carbons (Fsp3) is 0.231. The van der Waals surface area contributed by atoms with Crippen molar-refractivity contribution in [1.29, 1.82) is 0 Å². The number of nitrogen functional groups attached to an aromatic ring is 1. The maximum absolute atomic E-state index is 13.4. The first-order chi connectivity index (χ1) is 16.3. The van der Waals surface area contributed by atoms with Crippen LogP contribution in [0.2, 0.25) is 0 Å². The highest BCUT2D eigenvalue weighted by Crippen LogP contribution is 2.34. The number of carbonyl (C=O) groups is 2. The molecule has 3 N–H and O–H groups in total. The highest BCUT2D eigenvalue weighted by Gasteiger charge is 2.23. The summed E-state index contributed by atoms with van der Waals surface area (Å²) in [4.78, 5) is 34.8. The summed E-state index contributed by atoms with van der Waals surface area (Å²) in [6, 6.07) is 11.1. The minimum atomic E-state index is -0.749. The normalized spacial score (nSPS) is 11.1. The number of hydrogen-bond acceptors (Lipinski definition) is 7. The van der Waals surface area contributed by atoms with Gasteiger partial charge < -0.3 is 15.8 Å². The van der Waals surface area contributed by atoms with Crippen molar-refractivity contribution in [2.45, 2.75) is 40.2 Å². The number of ketones is 1. The van der Waals surface area contributed by atoms with Gasteiger partial charge >= 0.3 is 0 Å². The van der Waals surface area contributed by atoms with Crippen LogP contribution >= 0.6 is 11.3 Å². The molecule has 0 aliphatic rings. The fourth-order valence-corrected chi connectivity index (χ4v) is 4.36. The number of Topliss-reactive ketones (excluding diaryl/α,β-unsaturated/α-hetero) is 1. The molecule has 0 bridgehead atoms. The Hall–Kier alpha value is -3.78. The molecule has 0 aliphatic heterocycles. The van der Waals surface area contributed by atoms with Crippen molar-refractivity contribution in [2.75, 3.05) is 11.1 Å². The molecule has 0 radical (unpaired) electrons. The second-order valence-electron chi connectivity index (χ2n) is 8.27. The first kappa shape index (κ1) is 23.4. The van der Waals surface area contributed by atoms with Crippen LogP contribution in [-0.4, -0.2) is 27.8 Å². The third-order valence-corrected chi connectivity index (χ3v) is 6.22. The van der Waals surface area contributed by atoms with E-state index in [1.54, 1.807) is 29.0 Å². The van der Waals surface area contributed by atoms with Gasteiger partial charge in [0.1, 0.15) is 11.6 Å². The molecule has 8 heteroatoms. The molecule has 0 spiro atoms. The van der Waals surface area contributed by atoms with Crippen LogP contribution < -0.4 is 15.8 Å². The van der Waals surface area contributed by atoms with Crippen LogP contribution in [0.25, 0.3) is 21.3 Å². The molecule has 2 aromatic heterocycles. The van der Waals surface area contributed by atoms with Crippen molar-refractivity contribution >= 4 is 44.7 Å². The first-order valence-electron chi connectivity index (χ1n) is 11.0. The van der Waals surface area contributed by atoms with Gasteiger partial charge in [-0.3, -0.25) is 9.59 Å². The van der Waals surface area contributed by atoms with E-state index in [1.165, 1.54) is 6.20 Å². The number of carbonyl (C=O) groups excluding carboxylic acids is 2. The van der Waals surface area contributed by atoms with Gasteiger partial charge in [0.2, 0.25) is 0 Å². The molecule has 0 unspecified atom stereocenters. The van der Waals surface area contributed by atoms with Crippen molar-refractivity contribution < 1.29 is 14.3 Å². The lowest BCUT2D eigenvalue weighted by Crippen LogP contribution is -2.24. The minimum absolute atomic E-state index is 0.0387. The average molecular weight is 475 g/mol. The van der Waals surface area contributed by atoms with Gasteiger partial charge in [-0.1, -0.05) is 13.0 Å². The third kappa shape index (κ3) is 4.77. The number of benzene rings is 2. The van der Waals surface area contributed by atoms with Gasteiger partial charge in [0.25, 0.3) is 11.7 Å². The van der Waals surface area contributed by atoms with E-state index in [-0.39, 0.29) is 6.10 Å². The predicted molar refractivity (Wildman–Crippen MR) is 137 cm³/mol. The summed E-state index contributed by atoms with van der Waals surface area (Å²) in [6.45, 7) is 7.69. The second-order valence-corrected chi connectivity index (χ2v) is 9.16. The van der Waals surface area contributed by atoms with Crippen LogP contribution in [0.1, 0.15) is 42.3 Å². The lowest BCUT2D eigenvalue weighted by Gasteiger charge is -2.17. The van der Waals surface area contributed by atoms with Gasteiger partial charge in [-0.25, -0.2) is 9.97 Å². The SMILES string of the molecule is CCc1cc(NC(=O)C(=O)c2cc(C)c(OC(C)C)cc2-c2ccc3scnc3c2)cnc1N. The standard InChI is InChI=1S/C26H26N4O3S/c1-5-16-9-18(12-28-25(16)27)30-26(32)24(31)20-8-15(4)22(33-14(2)3)11-19(20)17-6-7-23-21(10-17)29-13-34-23/h6-14H,5H2,1-4H3,(H2,27,28)(H,30,32). The predicted octanol–water partition coefficient (Wildman–Crippen LogP) is 5.42. The summed E-state index contributed by atoms with van der Waals surface area (Å²) in [6.07, 6.45) is 2.07. The van der Waals surface area contributed by atoms with Gasteiger partial charge in [-0.15, -0.1) is 11.3 Å². The van der Waals surface area contributed by atoms with Crippen molar-refractivity contribution in [3.8, 4) is 16.9 Å². The lowest BCUT2D eigenvalue weighted by molar-refractivity contribution is -0.112. The average Bonchev–Trinajstić information content (AvgIpc) is 3.28. The van der Waals surface area contributed by atoms with Crippen LogP contribution in [-0.2, 0) is 11.2 Å². The van der Waals surface area contributed by atoms with E-state index in [0.29, 0.717) is 34.8 Å². The van der Waals surface area contributed by atoms with E-state index in [2.05, 4.69) is 15.3 Å². The van der Waals surface area contributed by atoms with Gasteiger partial charge in [0, 0.05) is 5.56 Å². The monoisotopic (exact) mass is 474 g/mol. The van der Waals surface area contributed by atoms with E-state index < -0.39 is 11.7 Å². The Morgan fingerprint density at radius 3 is 2.68 bits per heavy atom. The molecule has 34 heavy (non-hydrogen) atoms. The van der Waals surface area contributed by atoms with E-state index in [0.717, 1.165) is 26.9 Å². The molecular weight excluding hydrogens is 448 g/mol. The summed E-state index contributed by atoms with van der Waals surface area (Å²) in [5.41, 5.74) is 12.1. The number of hydrogen-bond donors (Lipinski definition) is 2. The van der Waals surface area contributed by atoms with E-state index >= 15 is 0 Å². The molecule has 4 aromatic rings. The molecular formula is C26H26N4O3S. The van der Waals surface area contributed by atoms with E-state index in [4.69, 9.17) is 10.5 Å². The Morgan fingerprint density at radius 2 is 1.94 bits per heavy atom. The number of pyridine rings is 1. The third-order valence-electron chi connectivity index (χ3n) is 5.41. The van der Waals surface area contributed by atoms with Gasteiger partial charge in [-0.2, -0.15) is 0 Å². The van der Waals surface area contributed by atoms with Crippen molar-refractivity contribution in [3.63, 3.8) is 0 Å². The zero-order chi connectivity index (χ0) is 24.4. The second kappa shape index (κ2) is 9.61. The number of nitrogens with one attached hydrogen (secondary N) is 1. The molecule has 0 saturated heterocycles. The maximum Gasteiger partial charge on any atom is 0.296 e. The highest BCUT2D eigenvalue weighted by molar-refractivity contribution is 7.16. The number of nitrogens with two attached hydrogens (primary N) is 1. The highest BCUT2D eigenvalue weighted by atomic mass is 32.1. The van der Waals surface area contributed by atoms with Crippen LogP contribution in [0, 0.1) is 6.92 Å². The van der Waals surface area contributed by atoms with Crippen LogP contribution in [0.4, 0.5) is 11.5 Å². The maximum atomic E-state index is 13.4. The Bertz CT molecular complexity index is 1390. The molecule has 7 nitrogen and oxygen atoms in total. The van der Waals surface area contributed by atoms with Crippen LogP contribution in [0.3, 0.4) is 0 Å². The molecule has 1 amide bonds. The van der Waals surface area contributed by atoms with E-state index in [1.807, 2.05) is 52.0 Å². The molecule has 174 valence electrons. The van der Waals surface area contributed by atoms with Gasteiger partial charge in [-0.05, 0) is 79.8 Å². The van der Waals surface area contributed by atoms with Crippen LogP contribution in [0.15, 0.2) is 48.1 Å². The Morgan fingerprint density at radius 1 is 1.15 bits per heavy atom. The molecule has 0 fully saturated rings. The number of rotatable bonds is 7. The summed E-state index contributed by atoms with van der Waals surface area (Å²) in [5.74, 6) is -0.331. The number of fused-ring (bicyclic) bond motifs is 1. The van der Waals surface area contributed by atoms with Crippen LogP contribution in [0.5, 0.6) is 5.75 Å². The van der Waals surface area contributed by atoms with Crippen molar-refractivity contribution in [2.24, 2.45) is 0 Å². The lowest BCUT2D eigenvalue weighted by atomic mass is 9.94. The number of anilines is 2. The molecule has 2 aromatic carbocycles. The minimum Gasteiger partial charge on any atom is -0.491 e. The Labute approximate surface area is 202 Å². The Balaban J connectivity index is 1.75. The quantitative estimate of drug-likeness (QED) is 0.274. The van der Waals surface area contributed by atoms with Crippen molar-refractivity contribution in [1.82, 2.24) is 9.97 Å². The van der Waals surface area contributed by atoms with Gasteiger partial charge in [0.15, 0.2) is 0 Å². The number of nitrogens with zero attached hydrogens (tertiary/aromatic N) is 2. The van der Waals surface area contributed by atoms with E-state index in [9.17, 15) is 9.59 Å². The topological polar surface area (TPSA) is 107 Å². The molecule has 0 saturated carbocycles. The molecule has 0 aliphatic carbocycles. The summed E-state index contributed by atoms with van der Waals surface area (Å²) in [7, 11) is 0.